The zero-order valence-electron chi connectivity index (χ0n) is 7.00. The molecule has 0 amide bonds. The number of nitrogens with zero attached hydrogens (tertiary/aromatic N) is 1. The van der Waals surface area contributed by atoms with Gasteiger partial charge in [-0.2, -0.15) is 5.10 Å². The standard InChI is InChI=1S/C8H14N2O/c1-6(2)3-7-4-8(5-11)10-9-7/h5-6,8,10H,3-4H2,1-2H3. The number of hydrazone groups is 1. The van der Waals surface area contributed by atoms with Crippen LogP contribution in [0, 0.1) is 5.92 Å². The second-order valence-corrected chi connectivity index (χ2v) is 3.35. The van der Waals surface area contributed by atoms with Gasteiger partial charge in [0.1, 0.15) is 12.3 Å². The van der Waals surface area contributed by atoms with Gasteiger partial charge in [0, 0.05) is 12.1 Å². The van der Waals surface area contributed by atoms with E-state index >= 15 is 0 Å². The maximum Gasteiger partial charge on any atom is 0.144 e. The summed E-state index contributed by atoms with van der Waals surface area (Å²) in [5, 5.41) is 4.06. The summed E-state index contributed by atoms with van der Waals surface area (Å²) in [5.41, 5.74) is 3.90. The lowest BCUT2D eigenvalue weighted by Gasteiger charge is -2.01. The zero-order chi connectivity index (χ0) is 8.27. The first-order chi connectivity index (χ1) is 5.22. The van der Waals surface area contributed by atoms with Crippen molar-refractivity contribution in [1.29, 1.82) is 0 Å². The van der Waals surface area contributed by atoms with E-state index in [9.17, 15) is 4.79 Å². The Labute approximate surface area is 66.9 Å². The first-order valence-corrected chi connectivity index (χ1v) is 3.98. The zero-order valence-corrected chi connectivity index (χ0v) is 7.00. The van der Waals surface area contributed by atoms with Gasteiger partial charge in [-0.15, -0.1) is 0 Å². The highest BCUT2D eigenvalue weighted by atomic mass is 16.1. The van der Waals surface area contributed by atoms with Crippen LogP contribution in [0.5, 0.6) is 0 Å². The Morgan fingerprint density at radius 1 is 1.82 bits per heavy atom. The number of hydrogen-bond acceptors (Lipinski definition) is 3. The van der Waals surface area contributed by atoms with E-state index in [1.165, 1.54) is 0 Å². The first-order valence-electron chi connectivity index (χ1n) is 3.98. The Morgan fingerprint density at radius 3 is 3.00 bits per heavy atom. The molecule has 1 rings (SSSR count). The molecule has 0 spiro atoms. The highest BCUT2D eigenvalue weighted by Crippen LogP contribution is 2.09. The van der Waals surface area contributed by atoms with Crippen LogP contribution in [0.1, 0.15) is 26.7 Å². The van der Waals surface area contributed by atoms with Crippen LogP contribution in [0.15, 0.2) is 5.10 Å². The summed E-state index contributed by atoms with van der Waals surface area (Å²) >= 11 is 0. The van der Waals surface area contributed by atoms with Crippen LogP contribution in [-0.2, 0) is 4.79 Å². The van der Waals surface area contributed by atoms with Gasteiger partial charge in [-0.25, -0.2) is 0 Å². The van der Waals surface area contributed by atoms with E-state index in [2.05, 4.69) is 24.4 Å². The van der Waals surface area contributed by atoms with E-state index in [0.29, 0.717) is 5.92 Å². The van der Waals surface area contributed by atoms with Crippen LogP contribution in [-0.4, -0.2) is 18.0 Å². The van der Waals surface area contributed by atoms with Crippen molar-refractivity contribution in [2.45, 2.75) is 32.7 Å². The van der Waals surface area contributed by atoms with Crippen LogP contribution in [0.3, 0.4) is 0 Å². The van der Waals surface area contributed by atoms with E-state index in [4.69, 9.17) is 0 Å². The summed E-state index contributed by atoms with van der Waals surface area (Å²) in [5.74, 6) is 0.626. The summed E-state index contributed by atoms with van der Waals surface area (Å²) in [6.07, 6.45) is 2.70. The van der Waals surface area contributed by atoms with Crippen molar-refractivity contribution in [1.82, 2.24) is 5.43 Å². The second kappa shape index (κ2) is 3.51. The Bertz CT molecular complexity index is 175. The predicted octanol–water partition coefficient (Wildman–Crippen LogP) is 0.949. The van der Waals surface area contributed by atoms with E-state index in [-0.39, 0.29) is 6.04 Å². The van der Waals surface area contributed by atoms with Gasteiger partial charge in [0.25, 0.3) is 0 Å². The highest BCUT2D eigenvalue weighted by molar-refractivity contribution is 5.89. The summed E-state index contributed by atoms with van der Waals surface area (Å²) in [7, 11) is 0. The molecule has 0 bridgehead atoms. The molecule has 1 aliphatic rings. The molecule has 1 atom stereocenters. The third-order valence-electron chi connectivity index (χ3n) is 1.65. The van der Waals surface area contributed by atoms with E-state index in [0.717, 1.165) is 24.8 Å². The van der Waals surface area contributed by atoms with Crippen molar-refractivity contribution in [2.24, 2.45) is 11.0 Å². The van der Waals surface area contributed by atoms with Gasteiger partial charge in [-0.1, -0.05) is 13.8 Å². The molecule has 1 aliphatic heterocycles. The maximum absolute atomic E-state index is 10.3. The maximum atomic E-state index is 10.3. The largest absolute Gasteiger partial charge is 0.301 e. The van der Waals surface area contributed by atoms with Gasteiger partial charge >= 0.3 is 0 Å². The number of aldehydes is 1. The van der Waals surface area contributed by atoms with Crippen LogP contribution in [0.25, 0.3) is 0 Å². The van der Waals surface area contributed by atoms with Gasteiger partial charge < -0.3 is 4.79 Å². The van der Waals surface area contributed by atoms with Gasteiger partial charge in [0.05, 0.1) is 0 Å². The number of hydrogen-bond donors (Lipinski definition) is 1. The third-order valence-corrected chi connectivity index (χ3v) is 1.65. The minimum atomic E-state index is -0.0660. The average molecular weight is 154 g/mol. The lowest BCUT2D eigenvalue weighted by molar-refractivity contribution is -0.109. The van der Waals surface area contributed by atoms with Crippen LogP contribution >= 0.6 is 0 Å². The Hall–Kier alpha value is -0.860. The quantitative estimate of drug-likeness (QED) is 0.615. The molecule has 0 radical (unpaired) electrons. The molecule has 62 valence electrons. The molecular formula is C8H14N2O. The van der Waals surface area contributed by atoms with Gasteiger partial charge in [0.15, 0.2) is 0 Å². The van der Waals surface area contributed by atoms with Gasteiger partial charge in [0.2, 0.25) is 0 Å². The molecular weight excluding hydrogens is 140 g/mol. The Morgan fingerprint density at radius 2 is 2.55 bits per heavy atom. The minimum absolute atomic E-state index is 0.0660. The van der Waals surface area contributed by atoms with Crippen LogP contribution in [0.4, 0.5) is 0 Å². The normalized spacial score (nSPS) is 23.2. The molecule has 0 aromatic heterocycles. The van der Waals surface area contributed by atoms with Gasteiger partial charge in [-0.05, 0) is 12.3 Å². The lowest BCUT2D eigenvalue weighted by atomic mass is 10.0. The topological polar surface area (TPSA) is 41.5 Å². The van der Waals surface area contributed by atoms with Crippen molar-refractivity contribution >= 4 is 12.0 Å². The summed E-state index contributed by atoms with van der Waals surface area (Å²) in [6.45, 7) is 4.30. The van der Waals surface area contributed by atoms with Crippen LogP contribution < -0.4 is 5.43 Å². The van der Waals surface area contributed by atoms with Crippen molar-refractivity contribution in [3.63, 3.8) is 0 Å². The number of carbonyl (C=O) groups is 1. The number of nitrogens with one attached hydrogen (secondary N) is 1. The molecule has 1 heterocycles. The minimum Gasteiger partial charge on any atom is -0.301 e. The molecule has 0 aromatic rings. The molecule has 0 aliphatic carbocycles. The highest BCUT2D eigenvalue weighted by Gasteiger charge is 2.17. The van der Waals surface area contributed by atoms with Crippen molar-refractivity contribution in [3.05, 3.63) is 0 Å². The molecule has 0 saturated heterocycles. The Kier molecular flexibility index (Phi) is 2.63. The summed E-state index contributed by atoms with van der Waals surface area (Å²) in [4.78, 5) is 10.3. The Balaban J connectivity index is 2.34. The SMILES string of the molecule is CC(C)CC1=NNC(C=O)C1. The predicted molar refractivity (Wildman–Crippen MR) is 44.5 cm³/mol. The fourth-order valence-corrected chi connectivity index (χ4v) is 1.20. The van der Waals surface area contributed by atoms with E-state index < -0.39 is 0 Å². The average Bonchev–Trinajstić information content (AvgIpc) is 2.34. The van der Waals surface area contributed by atoms with E-state index in [1.807, 2.05) is 0 Å². The molecule has 1 N–H and O–H groups in total. The fraction of sp³-hybridized carbons (Fsp3) is 0.750. The molecule has 0 saturated carbocycles. The molecule has 3 heteroatoms. The first kappa shape index (κ1) is 8.24. The summed E-state index contributed by atoms with van der Waals surface area (Å²) < 4.78 is 0. The van der Waals surface area contributed by atoms with Crippen molar-refractivity contribution < 1.29 is 4.79 Å². The fourth-order valence-electron chi connectivity index (χ4n) is 1.20. The molecule has 3 nitrogen and oxygen atoms in total. The lowest BCUT2D eigenvalue weighted by Crippen LogP contribution is -2.20. The number of rotatable bonds is 3. The van der Waals surface area contributed by atoms with Crippen LogP contribution in [0.2, 0.25) is 0 Å². The summed E-state index contributed by atoms with van der Waals surface area (Å²) in [6, 6.07) is -0.0660. The van der Waals surface area contributed by atoms with Crippen molar-refractivity contribution in [2.75, 3.05) is 0 Å². The molecule has 0 fully saturated rings. The number of carbonyl (C=O) groups excluding carboxylic acids is 1. The monoisotopic (exact) mass is 154 g/mol. The molecule has 0 aromatic carbocycles. The van der Waals surface area contributed by atoms with Gasteiger partial charge in [-0.3, -0.25) is 5.43 Å². The smallest absolute Gasteiger partial charge is 0.144 e. The third kappa shape index (κ3) is 2.33. The second-order valence-electron chi connectivity index (χ2n) is 3.35. The molecule has 1 unspecified atom stereocenters. The van der Waals surface area contributed by atoms with Crippen molar-refractivity contribution in [3.8, 4) is 0 Å². The van der Waals surface area contributed by atoms with E-state index in [1.54, 1.807) is 0 Å². The molecule has 11 heavy (non-hydrogen) atoms.